The second-order valence-corrected chi connectivity index (χ2v) is 8.80. The van der Waals surface area contributed by atoms with Gasteiger partial charge in [-0.05, 0) is 48.4 Å². The normalized spacial score (nSPS) is 16.3. The van der Waals surface area contributed by atoms with Gasteiger partial charge < -0.3 is 20.1 Å². The van der Waals surface area contributed by atoms with Crippen molar-refractivity contribution in [2.24, 2.45) is 0 Å². The zero-order chi connectivity index (χ0) is 23.5. The minimum atomic E-state index is -1.05. The molecule has 2 amide bonds. The van der Waals surface area contributed by atoms with Gasteiger partial charge in [0.05, 0.1) is 0 Å². The number of rotatable bonds is 9. The fraction of sp³-hybridized carbons (Fsp3) is 0.423. The third-order valence-corrected chi connectivity index (χ3v) is 6.48. The molecule has 1 unspecified atom stereocenters. The van der Waals surface area contributed by atoms with Crippen LogP contribution >= 0.6 is 0 Å². The third-order valence-electron chi connectivity index (χ3n) is 6.48. The van der Waals surface area contributed by atoms with Crippen molar-refractivity contribution in [1.82, 2.24) is 10.2 Å². The molecule has 2 aromatic rings. The van der Waals surface area contributed by atoms with E-state index in [1.54, 1.807) is 0 Å². The van der Waals surface area contributed by atoms with E-state index >= 15 is 0 Å². The number of carbonyl (C=O) groups excluding carboxylic acids is 2. The van der Waals surface area contributed by atoms with E-state index in [2.05, 4.69) is 17.4 Å². The van der Waals surface area contributed by atoms with E-state index in [-0.39, 0.29) is 24.5 Å². The van der Waals surface area contributed by atoms with Crippen molar-refractivity contribution in [2.75, 3.05) is 6.61 Å². The van der Waals surface area contributed by atoms with Crippen LogP contribution < -0.4 is 5.32 Å². The molecule has 2 N–H and O–H groups in total. The summed E-state index contributed by atoms with van der Waals surface area (Å²) in [4.78, 5) is 38.8. The van der Waals surface area contributed by atoms with Gasteiger partial charge >= 0.3 is 12.1 Å². The van der Waals surface area contributed by atoms with Gasteiger partial charge in [0.15, 0.2) is 0 Å². The number of benzene rings is 2. The molecule has 0 aromatic heterocycles. The number of carbonyl (C=O) groups is 3. The molecule has 1 fully saturated rings. The zero-order valence-corrected chi connectivity index (χ0v) is 19.0. The summed E-state index contributed by atoms with van der Waals surface area (Å²) < 4.78 is 5.59. The zero-order valence-electron chi connectivity index (χ0n) is 19.0. The van der Waals surface area contributed by atoms with Crippen LogP contribution in [0.3, 0.4) is 0 Å². The summed E-state index contributed by atoms with van der Waals surface area (Å²) in [6, 6.07) is 14.4. The second-order valence-electron chi connectivity index (χ2n) is 8.80. The van der Waals surface area contributed by atoms with E-state index in [9.17, 15) is 19.5 Å². The third kappa shape index (κ3) is 4.72. The van der Waals surface area contributed by atoms with Crippen molar-refractivity contribution in [3.63, 3.8) is 0 Å². The second kappa shape index (κ2) is 9.65. The highest BCUT2D eigenvalue weighted by Crippen LogP contribution is 2.44. The molecule has 2 aliphatic rings. The van der Waals surface area contributed by atoms with E-state index in [0.717, 1.165) is 35.1 Å². The number of fused-ring (bicyclic) bond motifs is 3. The lowest BCUT2D eigenvalue weighted by molar-refractivity contribution is -0.151. The Balaban J connectivity index is 1.44. The summed E-state index contributed by atoms with van der Waals surface area (Å²) in [6.07, 6.45) is 1.99. The van der Waals surface area contributed by atoms with Crippen molar-refractivity contribution in [3.8, 4) is 11.1 Å². The molecule has 2 aliphatic carbocycles. The van der Waals surface area contributed by atoms with Gasteiger partial charge in [0.1, 0.15) is 18.7 Å². The van der Waals surface area contributed by atoms with E-state index in [1.807, 2.05) is 43.3 Å². The lowest BCUT2D eigenvalue weighted by Gasteiger charge is -2.30. The fourth-order valence-electron chi connectivity index (χ4n) is 4.67. The predicted octanol–water partition coefficient (Wildman–Crippen LogP) is 4.16. The van der Waals surface area contributed by atoms with Crippen LogP contribution in [0, 0.1) is 0 Å². The number of hydrogen-bond acceptors (Lipinski definition) is 4. The molecule has 2 aromatic carbocycles. The molecule has 174 valence electrons. The molecular formula is C26H30N2O5. The Bertz CT molecular complexity index is 1000. The lowest BCUT2D eigenvalue weighted by atomic mass is 9.98. The van der Waals surface area contributed by atoms with Crippen molar-refractivity contribution >= 4 is 18.0 Å². The van der Waals surface area contributed by atoms with Crippen LogP contribution in [0.1, 0.15) is 56.6 Å². The Morgan fingerprint density at radius 1 is 1.06 bits per heavy atom. The largest absolute Gasteiger partial charge is 0.480 e. The molecule has 7 heteroatoms. The summed E-state index contributed by atoms with van der Waals surface area (Å²) >= 11 is 0. The van der Waals surface area contributed by atoms with Gasteiger partial charge in [0.2, 0.25) is 5.91 Å². The molecule has 7 nitrogen and oxygen atoms in total. The van der Waals surface area contributed by atoms with Crippen molar-refractivity contribution < 1.29 is 24.2 Å². The Labute approximate surface area is 193 Å². The van der Waals surface area contributed by atoms with Crippen LogP contribution in [-0.4, -0.2) is 52.7 Å². The minimum absolute atomic E-state index is 0.0709. The number of alkyl carbamates (subject to hydrolysis) is 1. The number of hydrogen-bond donors (Lipinski definition) is 2. The molecule has 33 heavy (non-hydrogen) atoms. The van der Waals surface area contributed by atoms with Gasteiger partial charge in [-0.2, -0.15) is 0 Å². The number of nitrogens with zero attached hydrogens (tertiary/aromatic N) is 1. The number of nitrogens with one attached hydrogen (secondary N) is 1. The maximum atomic E-state index is 13.2. The average molecular weight is 451 g/mol. The van der Waals surface area contributed by atoms with E-state index in [0.29, 0.717) is 12.8 Å². The summed E-state index contributed by atoms with van der Waals surface area (Å²) in [5.74, 6) is -1.48. The standard InChI is InChI=1S/C26H30N2O5/c1-3-8-23(24(29)28(17-13-14-17)16(2)25(30)31)27-26(32)33-15-22-20-11-6-4-9-18(20)19-10-5-7-12-21(19)22/h4-7,9-12,16-17,22-23H,3,8,13-15H2,1-2H3,(H,27,32)(H,30,31)/t16?,23-/m1/s1. The highest BCUT2D eigenvalue weighted by atomic mass is 16.5. The molecular weight excluding hydrogens is 420 g/mol. The maximum absolute atomic E-state index is 13.2. The van der Waals surface area contributed by atoms with Gasteiger partial charge in [-0.3, -0.25) is 4.79 Å². The Hall–Kier alpha value is -3.35. The highest BCUT2D eigenvalue weighted by Gasteiger charge is 2.41. The summed E-state index contributed by atoms with van der Waals surface area (Å²) in [5, 5.41) is 12.1. The van der Waals surface area contributed by atoms with Crippen LogP contribution in [0.5, 0.6) is 0 Å². The molecule has 0 saturated heterocycles. The number of amides is 2. The first-order valence-electron chi connectivity index (χ1n) is 11.6. The summed E-state index contributed by atoms with van der Waals surface area (Å²) in [5.41, 5.74) is 4.51. The van der Waals surface area contributed by atoms with Gasteiger partial charge in [0, 0.05) is 12.0 Å². The van der Waals surface area contributed by atoms with Crippen LogP contribution in [0.2, 0.25) is 0 Å². The first kappa shape index (κ1) is 22.8. The average Bonchev–Trinajstić information content (AvgIpc) is 3.59. The molecule has 0 spiro atoms. The van der Waals surface area contributed by atoms with Gasteiger partial charge in [-0.15, -0.1) is 0 Å². The SMILES string of the molecule is CCC[C@@H](NC(=O)OCC1c2ccccc2-c2ccccc21)C(=O)N(C1CC1)C(C)C(=O)O. The van der Waals surface area contributed by atoms with Crippen molar-refractivity contribution in [3.05, 3.63) is 59.7 Å². The van der Waals surface area contributed by atoms with Gasteiger partial charge in [-0.25, -0.2) is 9.59 Å². The van der Waals surface area contributed by atoms with Crippen molar-refractivity contribution in [1.29, 1.82) is 0 Å². The number of ether oxygens (including phenoxy) is 1. The Morgan fingerprint density at radius 2 is 1.64 bits per heavy atom. The smallest absolute Gasteiger partial charge is 0.407 e. The molecule has 0 radical (unpaired) electrons. The van der Waals surface area contributed by atoms with Gasteiger partial charge in [-0.1, -0.05) is 61.9 Å². The summed E-state index contributed by atoms with van der Waals surface area (Å²) in [6.45, 7) is 3.58. The Morgan fingerprint density at radius 3 is 2.15 bits per heavy atom. The molecule has 2 atom stereocenters. The maximum Gasteiger partial charge on any atom is 0.407 e. The Kier molecular flexibility index (Phi) is 6.67. The highest BCUT2D eigenvalue weighted by molar-refractivity contribution is 5.89. The number of aliphatic carboxylic acids is 1. The summed E-state index contributed by atoms with van der Waals surface area (Å²) in [7, 11) is 0. The van der Waals surface area contributed by atoms with Crippen molar-refractivity contribution in [2.45, 2.75) is 63.6 Å². The van der Waals surface area contributed by atoms with E-state index in [1.165, 1.54) is 11.8 Å². The first-order valence-corrected chi connectivity index (χ1v) is 11.6. The van der Waals surface area contributed by atoms with E-state index < -0.39 is 24.1 Å². The molecule has 0 heterocycles. The quantitative estimate of drug-likeness (QED) is 0.598. The molecule has 1 saturated carbocycles. The monoisotopic (exact) mass is 450 g/mol. The van der Waals surface area contributed by atoms with Crippen LogP contribution in [0.4, 0.5) is 4.79 Å². The number of carboxylic acid groups (broad SMARTS) is 1. The van der Waals surface area contributed by atoms with Gasteiger partial charge in [0.25, 0.3) is 0 Å². The molecule has 0 aliphatic heterocycles. The lowest BCUT2D eigenvalue weighted by Crippen LogP contribution is -2.54. The van der Waals surface area contributed by atoms with Crippen LogP contribution in [0.25, 0.3) is 11.1 Å². The fourth-order valence-corrected chi connectivity index (χ4v) is 4.67. The predicted molar refractivity (Wildman–Crippen MR) is 124 cm³/mol. The van der Waals surface area contributed by atoms with E-state index in [4.69, 9.17) is 4.74 Å². The number of carboxylic acids is 1. The van der Waals surface area contributed by atoms with Crippen LogP contribution in [0.15, 0.2) is 48.5 Å². The molecule has 0 bridgehead atoms. The minimum Gasteiger partial charge on any atom is -0.480 e. The first-order chi connectivity index (χ1) is 15.9. The van der Waals surface area contributed by atoms with Crippen LogP contribution in [-0.2, 0) is 14.3 Å². The topological polar surface area (TPSA) is 95.9 Å². The molecule has 4 rings (SSSR count).